The van der Waals surface area contributed by atoms with E-state index in [4.69, 9.17) is 4.74 Å². The minimum atomic E-state index is 0.196. The number of carbonyl (C=O) groups excluding carboxylic acids is 1. The first-order valence-corrected chi connectivity index (χ1v) is 7.13. The van der Waals surface area contributed by atoms with Crippen molar-refractivity contribution in [3.8, 4) is 0 Å². The van der Waals surface area contributed by atoms with Crippen LogP contribution in [0.2, 0.25) is 0 Å². The van der Waals surface area contributed by atoms with E-state index in [9.17, 15) is 4.79 Å². The number of anilines is 1. The highest BCUT2D eigenvalue weighted by Gasteiger charge is 2.20. The van der Waals surface area contributed by atoms with Crippen molar-refractivity contribution in [1.82, 2.24) is 0 Å². The average molecular weight is 261 g/mol. The SMILES string of the molecule is CCC(=O)c1ccc(N(C)CCOCC2CC2)cc1. The maximum atomic E-state index is 11.5. The van der Waals surface area contributed by atoms with Crippen LogP contribution >= 0.6 is 0 Å². The number of hydrogen-bond acceptors (Lipinski definition) is 3. The molecular weight excluding hydrogens is 238 g/mol. The lowest BCUT2D eigenvalue weighted by Crippen LogP contribution is -2.22. The van der Waals surface area contributed by atoms with Crippen molar-refractivity contribution in [1.29, 1.82) is 0 Å². The molecule has 1 fully saturated rings. The van der Waals surface area contributed by atoms with Gasteiger partial charge in [0.2, 0.25) is 0 Å². The normalized spacial score (nSPS) is 14.4. The number of rotatable bonds is 8. The summed E-state index contributed by atoms with van der Waals surface area (Å²) in [5.74, 6) is 1.02. The molecule has 3 heteroatoms. The highest BCUT2D eigenvalue weighted by molar-refractivity contribution is 5.96. The first-order chi connectivity index (χ1) is 9.20. The second-order valence-corrected chi connectivity index (χ2v) is 5.26. The number of hydrogen-bond donors (Lipinski definition) is 0. The summed E-state index contributed by atoms with van der Waals surface area (Å²) in [5, 5.41) is 0. The third-order valence-electron chi connectivity index (χ3n) is 3.57. The van der Waals surface area contributed by atoms with Crippen molar-refractivity contribution in [3.63, 3.8) is 0 Å². The van der Waals surface area contributed by atoms with Crippen LogP contribution < -0.4 is 4.90 Å². The molecular formula is C16H23NO2. The van der Waals surface area contributed by atoms with Crippen LogP contribution in [0.1, 0.15) is 36.5 Å². The lowest BCUT2D eigenvalue weighted by Gasteiger charge is -2.19. The molecule has 0 bridgehead atoms. The third-order valence-corrected chi connectivity index (χ3v) is 3.57. The van der Waals surface area contributed by atoms with E-state index in [0.717, 1.165) is 36.9 Å². The largest absolute Gasteiger partial charge is 0.379 e. The fraction of sp³-hybridized carbons (Fsp3) is 0.562. The van der Waals surface area contributed by atoms with Crippen molar-refractivity contribution >= 4 is 11.5 Å². The molecule has 19 heavy (non-hydrogen) atoms. The molecule has 0 aliphatic heterocycles. The Kier molecular flexibility index (Phi) is 4.97. The van der Waals surface area contributed by atoms with E-state index >= 15 is 0 Å². The van der Waals surface area contributed by atoms with Crippen molar-refractivity contribution in [2.45, 2.75) is 26.2 Å². The van der Waals surface area contributed by atoms with Crippen LogP contribution in [0.4, 0.5) is 5.69 Å². The molecule has 1 aromatic rings. The minimum absolute atomic E-state index is 0.196. The van der Waals surface area contributed by atoms with Crippen LogP contribution in [-0.2, 0) is 4.74 Å². The van der Waals surface area contributed by atoms with Crippen LogP contribution in [0, 0.1) is 5.92 Å². The quantitative estimate of drug-likeness (QED) is 0.532. The molecule has 1 aliphatic rings. The number of nitrogens with zero attached hydrogens (tertiary/aromatic N) is 1. The summed E-state index contributed by atoms with van der Waals surface area (Å²) >= 11 is 0. The summed E-state index contributed by atoms with van der Waals surface area (Å²) in [6.07, 6.45) is 3.23. The van der Waals surface area contributed by atoms with Crippen LogP contribution in [0.15, 0.2) is 24.3 Å². The predicted molar refractivity (Wildman–Crippen MR) is 77.9 cm³/mol. The van der Waals surface area contributed by atoms with Crippen LogP contribution in [0.5, 0.6) is 0 Å². The molecule has 0 amide bonds. The zero-order valence-electron chi connectivity index (χ0n) is 11.9. The smallest absolute Gasteiger partial charge is 0.162 e. The predicted octanol–water partition coefficient (Wildman–Crippen LogP) is 3.14. The van der Waals surface area contributed by atoms with Crippen molar-refractivity contribution in [2.24, 2.45) is 5.92 Å². The topological polar surface area (TPSA) is 29.5 Å². The Bertz CT molecular complexity index is 409. The van der Waals surface area contributed by atoms with Crippen LogP contribution in [-0.4, -0.2) is 32.6 Å². The zero-order valence-corrected chi connectivity index (χ0v) is 11.9. The summed E-state index contributed by atoms with van der Waals surface area (Å²) in [5.41, 5.74) is 1.92. The van der Waals surface area contributed by atoms with E-state index in [1.807, 2.05) is 31.2 Å². The molecule has 104 valence electrons. The molecule has 0 unspecified atom stereocenters. The van der Waals surface area contributed by atoms with Gasteiger partial charge in [-0.15, -0.1) is 0 Å². The second kappa shape index (κ2) is 6.71. The standard InChI is InChI=1S/C16H23NO2/c1-3-16(18)14-6-8-15(9-7-14)17(2)10-11-19-12-13-4-5-13/h6-9,13H,3-5,10-12H2,1-2H3. The molecule has 3 nitrogen and oxygen atoms in total. The van der Waals surface area contributed by atoms with Gasteiger partial charge in [0.15, 0.2) is 5.78 Å². The molecule has 1 aromatic carbocycles. The van der Waals surface area contributed by atoms with E-state index in [0.29, 0.717) is 6.42 Å². The zero-order chi connectivity index (χ0) is 13.7. The maximum Gasteiger partial charge on any atom is 0.162 e. The number of benzene rings is 1. The summed E-state index contributed by atoms with van der Waals surface area (Å²) < 4.78 is 5.63. The lowest BCUT2D eigenvalue weighted by molar-refractivity contribution is 0.0988. The Balaban J connectivity index is 1.77. The fourth-order valence-electron chi connectivity index (χ4n) is 1.97. The number of ketones is 1. The van der Waals surface area contributed by atoms with Gasteiger partial charge in [-0.1, -0.05) is 6.92 Å². The van der Waals surface area contributed by atoms with Crippen LogP contribution in [0.25, 0.3) is 0 Å². The Morgan fingerprint density at radius 1 is 1.32 bits per heavy atom. The first kappa shape index (κ1) is 14.1. The fourth-order valence-corrected chi connectivity index (χ4v) is 1.97. The van der Waals surface area contributed by atoms with Gasteiger partial charge >= 0.3 is 0 Å². The molecule has 0 saturated heterocycles. The molecule has 0 atom stereocenters. The lowest BCUT2D eigenvalue weighted by atomic mass is 10.1. The third kappa shape index (κ3) is 4.35. The number of likely N-dealkylation sites (N-methyl/N-ethyl adjacent to an activating group) is 1. The van der Waals surface area contributed by atoms with E-state index in [1.54, 1.807) is 0 Å². The summed E-state index contributed by atoms with van der Waals surface area (Å²) in [6.45, 7) is 4.45. The highest BCUT2D eigenvalue weighted by Crippen LogP contribution is 2.28. The number of carbonyl (C=O) groups is 1. The van der Waals surface area contributed by atoms with Gasteiger partial charge in [0.05, 0.1) is 6.61 Å². The Labute approximate surface area is 115 Å². The van der Waals surface area contributed by atoms with E-state index in [-0.39, 0.29) is 5.78 Å². The Hall–Kier alpha value is -1.35. The molecule has 1 saturated carbocycles. The Morgan fingerprint density at radius 2 is 2.00 bits per heavy atom. The van der Waals surface area contributed by atoms with Gasteiger partial charge in [0.25, 0.3) is 0 Å². The van der Waals surface area contributed by atoms with E-state index < -0.39 is 0 Å². The maximum absolute atomic E-state index is 11.5. The van der Waals surface area contributed by atoms with Crippen molar-refractivity contribution < 1.29 is 9.53 Å². The van der Waals surface area contributed by atoms with E-state index in [2.05, 4.69) is 11.9 Å². The first-order valence-electron chi connectivity index (χ1n) is 7.13. The van der Waals surface area contributed by atoms with Crippen LogP contribution in [0.3, 0.4) is 0 Å². The molecule has 0 radical (unpaired) electrons. The molecule has 0 aromatic heterocycles. The monoisotopic (exact) mass is 261 g/mol. The van der Waals surface area contributed by atoms with Gasteiger partial charge in [-0.3, -0.25) is 4.79 Å². The molecule has 0 N–H and O–H groups in total. The van der Waals surface area contributed by atoms with Crippen molar-refractivity contribution in [2.75, 3.05) is 31.7 Å². The highest BCUT2D eigenvalue weighted by atomic mass is 16.5. The van der Waals surface area contributed by atoms with Gasteiger partial charge in [-0.2, -0.15) is 0 Å². The average Bonchev–Trinajstić information content (AvgIpc) is 3.27. The van der Waals surface area contributed by atoms with Gasteiger partial charge in [-0.25, -0.2) is 0 Å². The number of ether oxygens (including phenoxy) is 1. The molecule has 1 aliphatic carbocycles. The number of Topliss-reactive ketones (excluding diaryl/α,β-unsaturated/α-hetero) is 1. The van der Waals surface area contributed by atoms with Crippen molar-refractivity contribution in [3.05, 3.63) is 29.8 Å². The summed E-state index contributed by atoms with van der Waals surface area (Å²) in [7, 11) is 2.05. The summed E-state index contributed by atoms with van der Waals surface area (Å²) in [6, 6.07) is 7.82. The second-order valence-electron chi connectivity index (χ2n) is 5.26. The van der Waals surface area contributed by atoms with Gasteiger partial charge in [0, 0.05) is 37.9 Å². The van der Waals surface area contributed by atoms with E-state index in [1.165, 1.54) is 12.8 Å². The summed E-state index contributed by atoms with van der Waals surface area (Å²) in [4.78, 5) is 13.7. The van der Waals surface area contributed by atoms with Gasteiger partial charge < -0.3 is 9.64 Å². The molecule has 0 spiro atoms. The Morgan fingerprint density at radius 3 is 2.58 bits per heavy atom. The minimum Gasteiger partial charge on any atom is -0.379 e. The van der Waals surface area contributed by atoms with Gasteiger partial charge in [0.1, 0.15) is 0 Å². The molecule has 2 rings (SSSR count). The molecule has 0 heterocycles. The van der Waals surface area contributed by atoms with Gasteiger partial charge in [-0.05, 0) is 43.0 Å².